The van der Waals surface area contributed by atoms with E-state index in [4.69, 9.17) is 9.26 Å². The highest BCUT2D eigenvalue weighted by atomic mass is 16.5. The molecule has 6 nitrogen and oxygen atoms in total. The van der Waals surface area contributed by atoms with Crippen molar-refractivity contribution in [1.82, 2.24) is 20.4 Å². The van der Waals surface area contributed by atoms with Gasteiger partial charge in [0.15, 0.2) is 0 Å². The van der Waals surface area contributed by atoms with Gasteiger partial charge in [-0.3, -0.25) is 4.90 Å². The van der Waals surface area contributed by atoms with Gasteiger partial charge in [-0.15, -0.1) is 0 Å². The highest BCUT2D eigenvalue weighted by Gasteiger charge is 2.10. The van der Waals surface area contributed by atoms with Crippen molar-refractivity contribution in [3.63, 3.8) is 0 Å². The second kappa shape index (κ2) is 7.02. The van der Waals surface area contributed by atoms with Crippen LogP contribution in [0.3, 0.4) is 0 Å². The molecule has 108 valence electrons. The average molecular weight is 276 g/mol. The predicted molar refractivity (Wildman–Crippen MR) is 76.5 cm³/mol. The van der Waals surface area contributed by atoms with Crippen molar-refractivity contribution in [2.45, 2.75) is 6.54 Å². The molecular formula is C14H20N4O2. The Morgan fingerprint density at radius 3 is 2.70 bits per heavy atom. The Morgan fingerprint density at radius 2 is 2.05 bits per heavy atom. The molecule has 20 heavy (non-hydrogen) atoms. The smallest absolute Gasteiger partial charge is 0.241 e. The van der Waals surface area contributed by atoms with Crippen molar-refractivity contribution in [1.29, 1.82) is 0 Å². The first-order chi connectivity index (χ1) is 9.72. The van der Waals surface area contributed by atoms with Gasteiger partial charge in [-0.25, -0.2) is 0 Å². The van der Waals surface area contributed by atoms with Crippen LogP contribution in [0.25, 0.3) is 11.4 Å². The lowest BCUT2D eigenvalue weighted by atomic mass is 10.2. The van der Waals surface area contributed by atoms with E-state index in [1.165, 1.54) is 0 Å². The van der Waals surface area contributed by atoms with E-state index in [9.17, 15) is 0 Å². The van der Waals surface area contributed by atoms with Crippen LogP contribution in [-0.2, 0) is 6.54 Å². The number of nitrogens with zero attached hydrogens (tertiary/aromatic N) is 3. The summed E-state index contributed by atoms with van der Waals surface area (Å²) in [5, 5.41) is 7.11. The maximum absolute atomic E-state index is 5.27. The Hall–Kier alpha value is -1.92. The fraction of sp³-hybridized carbons (Fsp3) is 0.429. The molecule has 0 unspecified atom stereocenters. The molecule has 0 aliphatic carbocycles. The zero-order valence-corrected chi connectivity index (χ0v) is 12.1. The topological polar surface area (TPSA) is 63.4 Å². The molecule has 1 aromatic heterocycles. The molecule has 0 amide bonds. The summed E-state index contributed by atoms with van der Waals surface area (Å²) < 4.78 is 10.4. The Labute approximate surface area is 118 Å². The summed E-state index contributed by atoms with van der Waals surface area (Å²) in [5.41, 5.74) is 0.915. The quantitative estimate of drug-likeness (QED) is 0.824. The Bertz CT molecular complexity index is 524. The van der Waals surface area contributed by atoms with Gasteiger partial charge < -0.3 is 14.6 Å². The van der Waals surface area contributed by atoms with Gasteiger partial charge in [0.2, 0.25) is 11.7 Å². The maximum Gasteiger partial charge on any atom is 0.241 e. The third-order valence-electron chi connectivity index (χ3n) is 2.97. The van der Waals surface area contributed by atoms with Crippen LogP contribution in [0.1, 0.15) is 5.89 Å². The van der Waals surface area contributed by atoms with Crippen LogP contribution < -0.4 is 10.1 Å². The molecule has 0 aliphatic heterocycles. The van der Waals surface area contributed by atoms with Crippen LogP contribution in [0.5, 0.6) is 5.75 Å². The highest BCUT2D eigenvalue weighted by Crippen LogP contribution is 2.19. The largest absolute Gasteiger partial charge is 0.497 e. The van der Waals surface area contributed by atoms with E-state index in [2.05, 4.69) is 20.4 Å². The summed E-state index contributed by atoms with van der Waals surface area (Å²) in [6.07, 6.45) is 0. The lowest BCUT2D eigenvalue weighted by molar-refractivity contribution is 0.268. The molecule has 1 aromatic carbocycles. The average Bonchev–Trinajstić information content (AvgIpc) is 2.93. The number of hydrogen-bond acceptors (Lipinski definition) is 6. The van der Waals surface area contributed by atoms with Crippen molar-refractivity contribution < 1.29 is 9.26 Å². The maximum atomic E-state index is 5.27. The molecule has 0 aliphatic rings. The van der Waals surface area contributed by atoms with Crippen molar-refractivity contribution in [2.24, 2.45) is 0 Å². The highest BCUT2D eigenvalue weighted by molar-refractivity contribution is 5.55. The van der Waals surface area contributed by atoms with Gasteiger partial charge >= 0.3 is 0 Å². The fourth-order valence-electron chi connectivity index (χ4n) is 1.79. The SMILES string of the molecule is CNCCN(C)Cc1nc(-c2ccc(OC)cc2)no1. The number of likely N-dealkylation sites (N-methyl/N-ethyl adjacent to an activating group) is 2. The van der Waals surface area contributed by atoms with Crippen LogP contribution in [0.2, 0.25) is 0 Å². The van der Waals surface area contributed by atoms with Crippen molar-refractivity contribution >= 4 is 0 Å². The molecule has 0 radical (unpaired) electrons. The van der Waals surface area contributed by atoms with Crippen LogP contribution in [0.15, 0.2) is 28.8 Å². The number of hydrogen-bond donors (Lipinski definition) is 1. The lowest BCUT2D eigenvalue weighted by Crippen LogP contribution is -2.27. The number of rotatable bonds is 7. The Balaban J connectivity index is 2.00. The van der Waals surface area contributed by atoms with Gasteiger partial charge in [-0.05, 0) is 38.4 Å². The van der Waals surface area contributed by atoms with Gasteiger partial charge in [0.1, 0.15) is 5.75 Å². The van der Waals surface area contributed by atoms with Crippen LogP contribution in [0, 0.1) is 0 Å². The molecule has 2 rings (SSSR count). The van der Waals surface area contributed by atoms with Gasteiger partial charge in [-0.2, -0.15) is 4.98 Å². The van der Waals surface area contributed by atoms with Gasteiger partial charge in [0.05, 0.1) is 13.7 Å². The minimum atomic E-state index is 0.602. The molecule has 1 N–H and O–H groups in total. The Morgan fingerprint density at radius 1 is 1.30 bits per heavy atom. The van der Waals surface area contributed by atoms with Gasteiger partial charge in [-0.1, -0.05) is 5.16 Å². The number of methoxy groups -OCH3 is 1. The molecule has 0 atom stereocenters. The van der Waals surface area contributed by atoms with E-state index >= 15 is 0 Å². The molecule has 0 spiro atoms. The number of aromatic nitrogens is 2. The monoisotopic (exact) mass is 276 g/mol. The van der Waals surface area contributed by atoms with E-state index in [-0.39, 0.29) is 0 Å². The van der Waals surface area contributed by atoms with E-state index in [0.29, 0.717) is 18.3 Å². The summed E-state index contributed by atoms with van der Waals surface area (Å²) >= 11 is 0. The fourth-order valence-corrected chi connectivity index (χ4v) is 1.79. The summed E-state index contributed by atoms with van der Waals surface area (Å²) in [4.78, 5) is 6.53. The second-order valence-corrected chi connectivity index (χ2v) is 4.58. The molecule has 2 aromatic rings. The summed E-state index contributed by atoms with van der Waals surface area (Å²) in [6, 6.07) is 7.59. The van der Waals surface area contributed by atoms with E-state index in [1.807, 2.05) is 38.4 Å². The second-order valence-electron chi connectivity index (χ2n) is 4.58. The molecule has 1 heterocycles. The first kappa shape index (κ1) is 14.5. The standard InChI is InChI=1S/C14H20N4O2/c1-15-8-9-18(2)10-13-16-14(17-20-13)11-4-6-12(19-3)7-5-11/h4-7,15H,8-10H2,1-3H3. The number of ether oxygens (including phenoxy) is 1. The normalized spacial score (nSPS) is 11.0. The minimum Gasteiger partial charge on any atom is -0.497 e. The van der Waals surface area contributed by atoms with E-state index in [0.717, 1.165) is 24.4 Å². The minimum absolute atomic E-state index is 0.602. The van der Waals surface area contributed by atoms with Crippen molar-refractivity contribution in [2.75, 3.05) is 34.3 Å². The molecule has 0 saturated carbocycles. The van der Waals surface area contributed by atoms with Crippen molar-refractivity contribution in [3.05, 3.63) is 30.2 Å². The van der Waals surface area contributed by atoms with Crippen molar-refractivity contribution in [3.8, 4) is 17.1 Å². The summed E-state index contributed by atoms with van der Waals surface area (Å²) in [5.74, 6) is 2.03. The molecule has 0 bridgehead atoms. The lowest BCUT2D eigenvalue weighted by Gasteiger charge is -2.12. The molecule has 6 heteroatoms. The third-order valence-corrected chi connectivity index (χ3v) is 2.97. The molecular weight excluding hydrogens is 256 g/mol. The first-order valence-corrected chi connectivity index (χ1v) is 6.53. The first-order valence-electron chi connectivity index (χ1n) is 6.53. The molecule has 0 saturated heterocycles. The number of benzene rings is 1. The van der Waals surface area contributed by atoms with Gasteiger partial charge in [0.25, 0.3) is 0 Å². The summed E-state index contributed by atoms with van der Waals surface area (Å²) in [6.45, 7) is 2.50. The third kappa shape index (κ3) is 3.79. The van der Waals surface area contributed by atoms with E-state index in [1.54, 1.807) is 7.11 Å². The zero-order chi connectivity index (χ0) is 14.4. The number of nitrogens with one attached hydrogen (secondary N) is 1. The van der Waals surface area contributed by atoms with Crippen LogP contribution in [0.4, 0.5) is 0 Å². The van der Waals surface area contributed by atoms with Crippen LogP contribution in [-0.4, -0.2) is 49.3 Å². The van der Waals surface area contributed by atoms with Crippen LogP contribution >= 0.6 is 0 Å². The molecule has 0 fully saturated rings. The Kier molecular flexibility index (Phi) is 5.09. The van der Waals surface area contributed by atoms with Gasteiger partial charge in [0, 0.05) is 18.7 Å². The van der Waals surface area contributed by atoms with E-state index < -0.39 is 0 Å². The zero-order valence-electron chi connectivity index (χ0n) is 12.1. The predicted octanol–water partition coefficient (Wildman–Crippen LogP) is 1.40. The summed E-state index contributed by atoms with van der Waals surface area (Å²) in [7, 11) is 5.60.